The fourth-order valence-electron chi connectivity index (χ4n) is 4.27. The van der Waals surface area contributed by atoms with Gasteiger partial charge in [-0.1, -0.05) is 6.07 Å². The minimum Gasteiger partial charge on any atom is -0.350 e. The van der Waals surface area contributed by atoms with Crippen molar-refractivity contribution in [3.05, 3.63) is 65.4 Å². The minimum absolute atomic E-state index is 0.231. The van der Waals surface area contributed by atoms with Crippen molar-refractivity contribution in [1.82, 2.24) is 24.4 Å². The van der Waals surface area contributed by atoms with Crippen LogP contribution in [0.3, 0.4) is 0 Å². The van der Waals surface area contributed by atoms with Crippen LogP contribution in [0.25, 0.3) is 16.8 Å². The molecule has 0 bridgehead atoms. The van der Waals surface area contributed by atoms with Gasteiger partial charge >= 0.3 is 0 Å². The van der Waals surface area contributed by atoms with Gasteiger partial charge in [-0.2, -0.15) is 10.1 Å². The first kappa shape index (κ1) is 17.8. The summed E-state index contributed by atoms with van der Waals surface area (Å²) in [7, 11) is 0. The number of aryl methyl sites for hydroxylation is 2. The lowest BCUT2D eigenvalue weighted by Crippen LogP contribution is -2.28. The van der Waals surface area contributed by atoms with Crippen molar-refractivity contribution in [2.75, 3.05) is 5.32 Å². The molecule has 7 heteroatoms. The highest BCUT2D eigenvalue weighted by Crippen LogP contribution is 2.28. The molecule has 1 atom stereocenters. The number of hydrogen-bond acceptors (Lipinski definition) is 4. The van der Waals surface area contributed by atoms with E-state index in [4.69, 9.17) is 4.98 Å². The van der Waals surface area contributed by atoms with Gasteiger partial charge in [-0.25, -0.2) is 8.91 Å². The first-order chi connectivity index (χ1) is 14.1. The summed E-state index contributed by atoms with van der Waals surface area (Å²) in [6.45, 7) is 4.94. The van der Waals surface area contributed by atoms with Crippen LogP contribution in [0.15, 0.2) is 42.7 Å². The Hall–Kier alpha value is -3.22. The predicted octanol–water partition coefficient (Wildman–Crippen LogP) is 4.03. The van der Waals surface area contributed by atoms with E-state index in [1.807, 2.05) is 31.5 Å². The molecule has 5 rings (SSSR count). The zero-order valence-electron chi connectivity index (χ0n) is 16.6. The fraction of sp³-hybridized carbons (Fsp3) is 0.318. The van der Waals surface area contributed by atoms with Gasteiger partial charge in [0.2, 0.25) is 5.95 Å². The number of anilines is 1. The molecule has 1 unspecified atom stereocenters. The molecule has 3 aromatic heterocycles. The summed E-state index contributed by atoms with van der Waals surface area (Å²) in [4.78, 5) is 4.75. The number of fused-ring (bicyclic) bond motifs is 2. The van der Waals surface area contributed by atoms with Crippen LogP contribution in [-0.2, 0) is 19.4 Å². The van der Waals surface area contributed by atoms with Crippen LogP contribution < -0.4 is 5.32 Å². The van der Waals surface area contributed by atoms with Gasteiger partial charge in [-0.3, -0.25) is 4.68 Å². The van der Waals surface area contributed by atoms with Crippen molar-refractivity contribution in [3.8, 4) is 11.1 Å². The van der Waals surface area contributed by atoms with Crippen LogP contribution >= 0.6 is 0 Å². The highest BCUT2D eigenvalue weighted by Gasteiger charge is 2.23. The number of benzene rings is 1. The molecule has 1 aliphatic carbocycles. The molecule has 6 nitrogen and oxygen atoms in total. The molecule has 4 aromatic rings. The number of nitrogens with zero attached hydrogens (tertiary/aromatic N) is 5. The second kappa shape index (κ2) is 6.99. The van der Waals surface area contributed by atoms with E-state index in [-0.39, 0.29) is 11.9 Å². The van der Waals surface area contributed by atoms with Crippen LogP contribution in [0.4, 0.5) is 10.3 Å². The molecule has 148 valence electrons. The van der Waals surface area contributed by atoms with Gasteiger partial charge in [0, 0.05) is 30.0 Å². The minimum atomic E-state index is -0.231. The lowest BCUT2D eigenvalue weighted by Gasteiger charge is -2.23. The monoisotopic (exact) mass is 390 g/mol. The van der Waals surface area contributed by atoms with E-state index in [1.54, 1.807) is 16.6 Å². The highest BCUT2D eigenvalue weighted by atomic mass is 19.1. The van der Waals surface area contributed by atoms with E-state index in [0.717, 1.165) is 48.1 Å². The molecule has 1 aromatic carbocycles. The lowest BCUT2D eigenvalue weighted by molar-refractivity contribution is 0.552. The SMILES string of the molecule is CCn1ncc2c1CCC(Nc1nc3c(-c4ccc(F)cc4C)cccn3n1)C2. The van der Waals surface area contributed by atoms with Crippen LogP contribution in [0.2, 0.25) is 0 Å². The number of rotatable bonds is 4. The Morgan fingerprint density at radius 1 is 1.24 bits per heavy atom. The van der Waals surface area contributed by atoms with Crippen LogP contribution in [-0.4, -0.2) is 30.4 Å². The summed E-state index contributed by atoms with van der Waals surface area (Å²) in [5, 5.41) is 12.6. The molecule has 29 heavy (non-hydrogen) atoms. The van der Waals surface area contributed by atoms with Gasteiger partial charge in [-0.05, 0) is 74.1 Å². The normalized spacial score (nSPS) is 16.2. The van der Waals surface area contributed by atoms with Crippen molar-refractivity contribution < 1.29 is 4.39 Å². The maximum absolute atomic E-state index is 13.5. The van der Waals surface area contributed by atoms with E-state index < -0.39 is 0 Å². The van der Waals surface area contributed by atoms with E-state index >= 15 is 0 Å². The van der Waals surface area contributed by atoms with E-state index in [9.17, 15) is 4.39 Å². The second-order valence-corrected chi connectivity index (χ2v) is 7.60. The molecule has 0 saturated carbocycles. The smallest absolute Gasteiger partial charge is 0.243 e. The molecular weight excluding hydrogens is 367 g/mol. The Balaban J connectivity index is 1.44. The predicted molar refractivity (Wildman–Crippen MR) is 110 cm³/mol. The van der Waals surface area contributed by atoms with Crippen LogP contribution in [0.5, 0.6) is 0 Å². The molecule has 0 amide bonds. The fourth-order valence-corrected chi connectivity index (χ4v) is 4.27. The molecule has 0 radical (unpaired) electrons. The third-order valence-electron chi connectivity index (χ3n) is 5.70. The quantitative estimate of drug-likeness (QED) is 0.572. The van der Waals surface area contributed by atoms with Gasteiger partial charge in [0.25, 0.3) is 0 Å². The Bertz CT molecular complexity index is 1190. The molecule has 3 heterocycles. The third-order valence-corrected chi connectivity index (χ3v) is 5.70. The zero-order chi connectivity index (χ0) is 20.0. The summed E-state index contributed by atoms with van der Waals surface area (Å²) in [6.07, 6.45) is 6.83. The number of pyridine rings is 1. The van der Waals surface area contributed by atoms with Gasteiger partial charge in [-0.15, -0.1) is 5.10 Å². The van der Waals surface area contributed by atoms with Gasteiger partial charge < -0.3 is 5.32 Å². The zero-order valence-corrected chi connectivity index (χ0v) is 16.6. The standard InChI is InChI=1S/C22H23FN6/c1-3-28-20-9-7-17(12-15(20)13-24-28)25-22-26-21-19(5-4-10-29(21)27-22)18-8-6-16(23)11-14(18)2/h4-6,8,10-11,13,17H,3,7,9,12H2,1-2H3,(H,25,27). The summed E-state index contributed by atoms with van der Waals surface area (Å²) in [5.41, 5.74) is 6.21. The van der Waals surface area contributed by atoms with E-state index in [2.05, 4.69) is 27.1 Å². The number of hydrogen-bond donors (Lipinski definition) is 1. The van der Waals surface area contributed by atoms with Crippen molar-refractivity contribution in [2.24, 2.45) is 0 Å². The maximum Gasteiger partial charge on any atom is 0.243 e. The first-order valence-corrected chi connectivity index (χ1v) is 10.0. The Labute approximate surface area is 168 Å². The summed E-state index contributed by atoms with van der Waals surface area (Å²) < 4.78 is 17.4. The van der Waals surface area contributed by atoms with Crippen molar-refractivity contribution in [3.63, 3.8) is 0 Å². The number of nitrogens with one attached hydrogen (secondary N) is 1. The molecule has 0 fully saturated rings. The maximum atomic E-state index is 13.5. The van der Waals surface area contributed by atoms with Gasteiger partial charge in [0.1, 0.15) is 5.82 Å². The average molecular weight is 390 g/mol. The van der Waals surface area contributed by atoms with Crippen molar-refractivity contribution >= 4 is 11.6 Å². The van der Waals surface area contributed by atoms with Crippen LogP contribution in [0.1, 0.15) is 30.2 Å². The summed E-state index contributed by atoms with van der Waals surface area (Å²) in [5.74, 6) is 0.388. The molecular formula is C22H23FN6. The molecule has 1 aliphatic rings. The third kappa shape index (κ3) is 3.16. The number of halogens is 1. The topological polar surface area (TPSA) is 60.0 Å². The van der Waals surface area contributed by atoms with Gasteiger partial charge in [0.15, 0.2) is 5.65 Å². The first-order valence-electron chi connectivity index (χ1n) is 10.0. The van der Waals surface area contributed by atoms with Gasteiger partial charge in [0.05, 0.1) is 6.20 Å². The van der Waals surface area contributed by atoms with Crippen LogP contribution in [0, 0.1) is 12.7 Å². The second-order valence-electron chi connectivity index (χ2n) is 7.60. The Kier molecular flexibility index (Phi) is 4.30. The molecule has 0 spiro atoms. The van der Waals surface area contributed by atoms with Crippen molar-refractivity contribution in [2.45, 2.75) is 45.7 Å². The molecule has 0 aliphatic heterocycles. The molecule has 1 N–H and O–H groups in total. The largest absolute Gasteiger partial charge is 0.350 e. The average Bonchev–Trinajstić information content (AvgIpc) is 3.31. The highest BCUT2D eigenvalue weighted by molar-refractivity contribution is 5.79. The Morgan fingerprint density at radius 3 is 2.97 bits per heavy atom. The molecule has 0 saturated heterocycles. The van der Waals surface area contributed by atoms with E-state index in [1.165, 1.54) is 17.3 Å². The number of aromatic nitrogens is 5. The Morgan fingerprint density at radius 2 is 2.14 bits per heavy atom. The van der Waals surface area contributed by atoms with Crippen molar-refractivity contribution in [1.29, 1.82) is 0 Å². The summed E-state index contributed by atoms with van der Waals surface area (Å²) >= 11 is 0. The lowest BCUT2D eigenvalue weighted by atomic mass is 9.93. The summed E-state index contributed by atoms with van der Waals surface area (Å²) in [6, 6.07) is 9.05. The van der Waals surface area contributed by atoms with E-state index in [0.29, 0.717) is 5.95 Å².